The molecule has 1 aromatic rings. The van der Waals surface area contributed by atoms with Crippen molar-refractivity contribution in [3.8, 4) is 5.75 Å². The molecule has 2 unspecified atom stereocenters. The summed E-state index contributed by atoms with van der Waals surface area (Å²) in [5.41, 5.74) is 0. The number of para-hydroxylation sites is 1. The van der Waals surface area contributed by atoms with Gasteiger partial charge in [0.15, 0.2) is 17.7 Å². The number of likely N-dealkylation sites (N-methyl/N-ethyl adjacent to an activating group) is 1. The lowest BCUT2D eigenvalue weighted by Crippen LogP contribution is -2.43. The zero-order valence-electron chi connectivity index (χ0n) is 11.6. The minimum absolute atomic E-state index is 0.103. The van der Waals surface area contributed by atoms with Crippen molar-refractivity contribution in [1.82, 2.24) is 10.6 Å². The van der Waals surface area contributed by atoms with Gasteiger partial charge in [-0.1, -0.05) is 19.1 Å². The molecule has 1 amide bonds. The summed E-state index contributed by atoms with van der Waals surface area (Å²) in [4.78, 5) is 11.9. The van der Waals surface area contributed by atoms with Gasteiger partial charge in [0.05, 0.1) is 0 Å². The molecule has 4 nitrogen and oxygen atoms in total. The highest BCUT2D eigenvalue weighted by Crippen LogP contribution is 2.18. The van der Waals surface area contributed by atoms with Gasteiger partial charge in [0, 0.05) is 12.6 Å². The van der Waals surface area contributed by atoms with Gasteiger partial charge in [-0.05, 0) is 32.5 Å². The Bertz CT molecular complexity index is 412. The number of amides is 1. The summed E-state index contributed by atoms with van der Waals surface area (Å²) in [5.74, 6) is -0.587. The molecule has 0 saturated carbocycles. The largest absolute Gasteiger partial charge is 0.478 e. The number of nitrogens with one attached hydrogen (secondary N) is 2. The van der Waals surface area contributed by atoms with E-state index in [2.05, 4.69) is 10.6 Å². The molecular weight excluding hydrogens is 247 g/mol. The quantitative estimate of drug-likeness (QED) is 0.791. The summed E-state index contributed by atoms with van der Waals surface area (Å²) >= 11 is 0. The average molecular weight is 268 g/mol. The second-order valence-corrected chi connectivity index (χ2v) is 4.38. The first-order valence-electron chi connectivity index (χ1n) is 6.44. The van der Waals surface area contributed by atoms with E-state index in [0.29, 0.717) is 13.0 Å². The Kier molecular flexibility index (Phi) is 6.29. The summed E-state index contributed by atoms with van der Waals surface area (Å²) in [6.07, 6.45) is -0.199. The van der Waals surface area contributed by atoms with Crippen LogP contribution in [0.1, 0.15) is 20.3 Å². The molecule has 19 heavy (non-hydrogen) atoms. The molecule has 1 aromatic carbocycles. The number of benzene rings is 1. The van der Waals surface area contributed by atoms with Crippen molar-refractivity contribution in [3.63, 3.8) is 0 Å². The van der Waals surface area contributed by atoms with E-state index in [4.69, 9.17) is 4.74 Å². The van der Waals surface area contributed by atoms with E-state index >= 15 is 0 Å². The molecule has 106 valence electrons. The van der Waals surface area contributed by atoms with E-state index in [-0.39, 0.29) is 17.7 Å². The molecule has 0 saturated heterocycles. The Labute approximate surface area is 113 Å². The van der Waals surface area contributed by atoms with Gasteiger partial charge in [-0.3, -0.25) is 4.79 Å². The van der Waals surface area contributed by atoms with Gasteiger partial charge in [0.25, 0.3) is 5.91 Å². The SMILES string of the molecule is CCC(Oc1ccccc1F)C(=O)NCC(C)NC. The van der Waals surface area contributed by atoms with Crippen LogP contribution in [0, 0.1) is 5.82 Å². The van der Waals surface area contributed by atoms with Crippen LogP contribution in [0.5, 0.6) is 5.75 Å². The predicted molar refractivity (Wildman–Crippen MR) is 72.6 cm³/mol. The topological polar surface area (TPSA) is 50.4 Å². The van der Waals surface area contributed by atoms with E-state index < -0.39 is 11.9 Å². The molecule has 0 spiro atoms. The highest BCUT2D eigenvalue weighted by molar-refractivity contribution is 5.81. The zero-order chi connectivity index (χ0) is 14.3. The van der Waals surface area contributed by atoms with Crippen molar-refractivity contribution >= 4 is 5.91 Å². The van der Waals surface area contributed by atoms with Crippen molar-refractivity contribution in [2.75, 3.05) is 13.6 Å². The van der Waals surface area contributed by atoms with Crippen LogP contribution in [0.2, 0.25) is 0 Å². The van der Waals surface area contributed by atoms with Crippen LogP contribution in [0.4, 0.5) is 4.39 Å². The first-order chi connectivity index (χ1) is 9.08. The highest BCUT2D eigenvalue weighted by atomic mass is 19.1. The van der Waals surface area contributed by atoms with Crippen LogP contribution >= 0.6 is 0 Å². The van der Waals surface area contributed by atoms with Gasteiger partial charge >= 0.3 is 0 Å². The summed E-state index contributed by atoms with van der Waals surface area (Å²) < 4.78 is 18.9. The molecule has 0 fully saturated rings. The van der Waals surface area contributed by atoms with Gasteiger partial charge in [-0.15, -0.1) is 0 Å². The first-order valence-corrected chi connectivity index (χ1v) is 6.44. The highest BCUT2D eigenvalue weighted by Gasteiger charge is 2.19. The summed E-state index contributed by atoms with van der Waals surface area (Å²) in [6.45, 7) is 4.29. The average Bonchev–Trinajstić information content (AvgIpc) is 2.43. The normalized spacial score (nSPS) is 13.7. The molecule has 0 bridgehead atoms. The number of carbonyl (C=O) groups excluding carboxylic acids is 1. The number of rotatable bonds is 7. The number of carbonyl (C=O) groups is 1. The zero-order valence-corrected chi connectivity index (χ0v) is 11.6. The lowest BCUT2D eigenvalue weighted by molar-refractivity contribution is -0.128. The number of hydrogen-bond donors (Lipinski definition) is 2. The molecule has 0 aromatic heterocycles. The van der Waals surface area contributed by atoms with E-state index in [1.54, 1.807) is 12.1 Å². The molecule has 0 aliphatic rings. The summed E-state index contributed by atoms with van der Waals surface area (Å²) in [5, 5.41) is 5.80. The van der Waals surface area contributed by atoms with E-state index in [1.165, 1.54) is 12.1 Å². The van der Waals surface area contributed by atoms with Gasteiger partial charge in [-0.2, -0.15) is 0 Å². The van der Waals surface area contributed by atoms with Crippen LogP contribution in [0.3, 0.4) is 0 Å². The van der Waals surface area contributed by atoms with E-state index in [9.17, 15) is 9.18 Å². The molecule has 2 atom stereocenters. The van der Waals surface area contributed by atoms with Gasteiger partial charge in [0.1, 0.15) is 0 Å². The second-order valence-electron chi connectivity index (χ2n) is 4.38. The number of hydrogen-bond acceptors (Lipinski definition) is 3. The minimum Gasteiger partial charge on any atom is -0.478 e. The Morgan fingerprint density at radius 1 is 1.42 bits per heavy atom. The standard InChI is InChI=1S/C14H21FN2O2/c1-4-12(14(18)17-9-10(2)16-3)19-13-8-6-5-7-11(13)15/h5-8,10,12,16H,4,9H2,1-3H3,(H,17,18). The second kappa shape index (κ2) is 7.74. The maximum atomic E-state index is 13.5. The van der Waals surface area contributed by atoms with Crippen molar-refractivity contribution in [2.45, 2.75) is 32.4 Å². The fourth-order valence-electron chi connectivity index (χ4n) is 1.49. The van der Waals surface area contributed by atoms with E-state index in [1.807, 2.05) is 20.9 Å². The van der Waals surface area contributed by atoms with Crippen molar-refractivity contribution in [1.29, 1.82) is 0 Å². The molecule has 0 aliphatic carbocycles. The van der Waals surface area contributed by atoms with Crippen molar-refractivity contribution in [3.05, 3.63) is 30.1 Å². The maximum Gasteiger partial charge on any atom is 0.261 e. The molecule has 5 heteroatoms. The van der Waals surface area contributed by atoms with Crippen LogP contribution in [0.15, 0.2) is 24.3 Å². The minimum atomic E-state index is -0.680. The number of ether oxygens (including phenoxy) is 1. The van der Waals surface area contributed by atoms with Crippen molar-refractivity contribution in [2.24, 2.45) is 0 Å². The maximum absolute atomic E-state index is 13.5. The number of halogens is 1. The lowest BCUT2D eigenvalue weighted by Gasteiger charge is -2.19. The Morgan fingerprint density at radius 3 is 2.68 bits per heavy atom. The molecular formula is C14H21FN2O2. The molecule has 0 radical (unpaired) electrons. The fraction of sp³-hybridized carbons (Fsp3) is 0.500. The molecule has 0 aliphatic heterocycles. The summed E-state index contributed by atoms with van der Waals surface area (Å²) in [7, 11) is 1.82. The molecule has 1 rings (SSSR count). The third-order valence-electron chi connectivity index (χ3n) is 2.84. The Balaban J connectivity index is 2.58. The molecule has 0 heterocycles. The van der Waals surface area contributed by atoms with Gasteiger partial charge < -0.3 is 15.4 Å². The van der Waals surface area contributed by atoms with Crippen LogP contribution in [-0.4, -0.2) is 31.6 Å². The third kappa shape index (κ3) is 4.87. The van der Waals surface area contributed by atoms with Crippen LogP contribution < -0.4 is 15.4 Å². The van der Waals surface area contributed by atoms with Crippen LogP contribution in [-0.2, 0) is 4.79 Å². The van der Waals surface area contributed by atoms with Crippen LogP contribution in [0.25, 0.3) is 0 Å². The smallest absolute Gasteiger partial charge is 0.261 e. The lowest BCUT2D eigenvalue weighted by atomic mass is 10.2. The Hall–Kier alpha value is -1.62. The van der Waals surface area contributed by atoms with Gasteiger partial charge in [-0.25, -0.2) is 4.39 Å². The molecule has 2 N–H and O–H groups in total. The Morgan fingerprint density at radius 2 is 2.11 bits per heavy atom. The third-order valence-corrected chi connectivity index (χ3v) is 2.84. The fourth-order valence-corrected chi connectivity index (χ4v) is 1.49. The van der Waals surface area contributed by atoms with Gasteiger partial charge in [0.2, 0.25) is 0 Å². The summed E-state index contributed by atoms with van der Waals surface area (Å²) in [6, 6.07) is 6.25. The monoisotopic (exact) mass is 268 g/mol. The van der Waals surface area contributed by atoms with E-state index in [0.717, 1.165) is 0 Å². The first kappa shape index (κ1) is 15.4. The predicted octanol–water partition coefficient (Wildman–Crippen LogP) is 1.71. The van der Waals surface area contributed by atoms with Crippen molar-refractivity contribution < 1.29 is 13.9 Å².